The van der Waals surface area contributed by atoms with Gasteiger partial charge in [-0.15, -0.1) is 0 Å². The van der Waals surface area contributed by atoms with Crippen LogP contribution in [0.3, 0.4) is 0 Å². The summed E-state index contributed by atoms with van der Waals surface area (Å²) in [6, 6.07) is 16.2. The van der Waals surface area contributed by atoms with Gasteiger partial charge in [0.25, 0.3) is 5.91 Å². The summed E-state index contributed by atoms with van der Waals surface area (Å²) in [5.74, 6) is 0.112. The zero-order valence-corrected chi connectivity index (χ0v) is 18.9. The molecular weight excluding hydrogens is 448 g/mol. The third-order valence-electron chi connectivity index (χ3n) is 4.48. The van der Waals surface area contributed by atoms with Crippen LogP contribution in [0.1, 0.15) is 26.3 Å². The molecule has 0 aliphatic heterocycles. The minimum atomic E-state index is -0.667. The Morgan fingerprint density at radius 3 is 2.12 bits per heavy atom. The summed E-state index contributed by atoms with van der Waals surface area (Å²) in [5.41, 5.74) is 3.44. The average Bonchev–Trinajstić information content (AvgIpc) is 2.84. The van der Waals surface area contributed by atoms with Crippen LogP contribution in [-0.4, -0.2) is 39.4 Å². The quantitative estimate of drug-likeness (QED) is 0.228. The van der Waals surface area contributed by atoms with Gasteiger partial charge < -0.3 is 18.9 Å². The van der Waals surface area contributed by atoms with Crippen molar-refractivity contribution in [2.75, 3.05) is 21.3 Å². The van der Waals surface area contributed by atoms with E-state index < -0.39 is 5.97 Å². The van der Waals surface area contributed by atoms with E-state index in [1.165, 1.54) is 45.7 Å². The molecule has 8 nitrogen and oxygen atoms in total. The van der Waals surface area contributed by atoms with E-state index >= 15 is 0 Å². The molecule has 0 aliphatic rings. The largest absolute Gasteiger partial charge is 0.493 e. The molecule has 0 atom stereocenters. The van der Waals surface area contributed by atoms with E-state index in [1.54, 1.807) is 42.5 Å². The Kier molecular flexibility index (Phi) is 7.88. The third-order valence-corrected chi connectivity index (χ3v) is 4.72. The number of methoxy groups -OCH3 is 3. The molecule has 0 unspecified atom stereocenters. The van der Waals surface area contributed by atoms with E-state index in [4.69, 9.17) is 30.5 Å². The number of hydrogen-bond donors (Lipinski definition) is 1. The zero-order chi connectivity index (χ0) is 23.8. The van der Waals surface area contributed by atoms with Crippen molar-refractivity contribution in [2.45, 2.75) is 0 Å². The number of ether oxygens (including phenoxy) is 4. The third kappa shape index (κ3) is 5.81. The van der Waals surface area contributed by atoms with Gasteiger partial charge in [-0.1, -0.05) is 29.8 Å². The number of nitrogens with one attached hydrogen (secondary N) is 1. The standard InChI is InChI=1S/C24H21ClN2O6/c1-30-20-12-16(13-21(31-2)22(20)32-3)24(29)33-19-10-9-18(25)11-17(19)14-26-27-23(28)15-7-5-4-6-8-15/h4-14H,1-3H3,(H,27,28)/b26-14+. The Hall–Kier alpha value is -4.04. The van der Waals surface area contributed by atoms with Crippen molar-refractivity contribution in [1.29, 1.82) is 0 Å². The van der Waals surface area contributed by atoms with Crippen LogP contribution in [0.15, 0.2) is 65.8 Å². The molecule has 0 heterocycles. The van der Waals surface area contributed by atoms with Gasteiger partial charge in [0, 0.05) is 16.1 Å². The highest BCUT2D eigenvalue weighted by atomic mass is 35.5. The molecule has 0 saturated heterocycles. The number of amides is 1. The lowest BCUT2D eigenvalue weighted by Crippen LogP contribution is -2.17. The van der Waals surface area contributed by atoms with Crippen molar-refractivity contribution in [2.24, 2.45) is 5.10 Å². The lowest BCUT2D eigenvalue weighted by Gasteiger charge is -2.14. The van der Waals surface area contributed by atoms with Gasteiger partial charge in [0.1, 0.15) is 5.75 Å². The van der Waals surface area contributed by atoms with Gasteiger partial charge in [-0.05, 0) is 42.5 Å². The van der Waals surface area contributed by atoms with Gasteiger partial charge in [-0.2, -0.15) is 5.10 Å². The molecule has 0 saturated carbocycles. The molecule has 1 amide bonds. The first kappa shape index (κ1) is 23.6. The molecule has 3 rings (SSSR count). The van der Waals surface area contributed by atoms with E-state index in [1.807, 2.05) is 0 Å². The van der Waals surface area contributed by atoms with E-state index in [-0.39, 0.29) is 17.2 Å². The lowest BCUT2D eigenvalue weighted by atomic mass is 10.1. The molecule has 9 heteroatoms. The van der Waals surface area contributed by atoms with Crippen LogP contribution >= 0.6 is 11.6 Å². The number of benzene rings is 3. The Morgan fingerprint density at radius 1 is 0.848 bits per heavy atom. The highest BCUT2D eigenvalue weighted by Crippen LogP contribution is 2.38. The average molecular weight is 469 g/mol. The molecule has 1 N–H and O–H groups in total. The molecule has 33 heavy (non-hydrogen) atoms. The lowest BCUT2D eigenvalue weighted by molar-refractivity contribution is 0.0733. The number of carbonyl (C=O) groups is 2. The first-order valence-electron chi connectivity index (χ1n) is 9.67. The normalized spacial score (nSPS) is 10.5. The molecule has 170 valence electrons. The van der Waals surface area contributed by atoms with E-state index in [0.717, 1.165) is 0 Å². The van der Waals surface area contributed by atoms with Gasteiger partial charge in [0.15, 0.2) is 11.5 Å². The first-order valence-corrected chi connectivity index (χ1v) is 10.0. The van der Waals surface area contributed by atoms with Crippen molar-refractivity contribution >= 4 is 29.7 Å². The second kappa shape index (κ2) is 11.0. The van der Waals surface area contributed by atoms with Crippen molar-refractivity contribution < 1.29 is 28.5 Å². The second-order valence-electron chi connectivity index (χ2n) is 6.55. The zero-order valence-electron chi connectivity index (χ0n) is 18.1. The predicted octanol–water partition coefficient (Wildman–Crippen LogP) is 4.35. The highest BCUT2D eigenvalue weighted by molar-refractivity contribution is 6.31. The molecule has 0 bridgehead atoms. The topological polar surface area (TPSA) is 95.5 Å². The van der Waals surface area contributed by atoms with Gasteiger partial charge in [0.05, 0.1) is 33.1 Å². The van der Waals surface area contributed by atoms with Crippen molar-refractivity contribution in [1.82, 2.24) is 5.43 Å². The summed E-state index contributed by atoms with van der Waals surface area (Å²) >= 11 is 6.08. The Bertz CT molecular complexity index is 1160. The monoisotopic (exact) mass is 468 g/mol. The molecule has 0 aromatic heterocycles. The molecule has 0 spiro atoms. The molecule has 0 radical (unpaired) electrons. The number of hydrogen-bond acceptors (Lipinski definition) is 7. The number of esters is 1. The Labute approximate surface area is 195 Å². The summed E-state index contributed by atoms with van der Waals surface area (Å²) in [7, 11) is 4.36. The summed E-state index contributed by atoms with van der Waals surface area (Å²) in [6.45, 7) is 0. The fraction of sp³-hybridized carbons (Fsp3) is 0.125. The Balaban J connectivity index is 1.82. The van der Waals surface area contributed by atoms with Crippen molar-refractivity contribution in [3.8, 4) is 23.0 Å². The Morgan fingerprint density at radius 2 is 1.52 bits per heavy atom. The maximum absolute atomic E-state index is 12.8. The van der Waals surface area contributed by atoms with E-state index in [0.29, 0.717) is 33.4 Å². The maximum Gasteiger partial charge on any atom is 0.343 e. The van der Waals surface area contributed by atoms with E-state index in [2.05, 4.69) is 10.5 Å². The second-order valence-corrected chi connectivity index (χ2v) is 6.99. The van der Waals surface area contributed by atoms with Crippen molar-refractivity contribution in [3.63, 3.8) is 0 Å². The number of nitrogens with zero attached hydrogens (tertiary/aromatic N) is 1. The maximum atomic E-state index is 12.8. The molecule has 3 aromatic rings. The SMILES string of the molecule is COc1cc(C(=O)Oc2ccc(Cl)cc2/C=N/NC(=O)c2ccccc2)cc(OC)c1OC. The number of halogens is 1. The summed E-state index contributed by atoms with van der Waals surface area (Å²) < 4.78 is 21.4. The van der Waals surface area contributed by atoms with Crippen LogP contribution in [0.4, 0.5) is 0 Å². The van der Waals surface area contributed by atoms with Gasteiger partial charge in [-0.3, -0.25) is 4.79 Å². The summed E-state index contributed by atoms with van der Waals surface area (Å²) in [5, 5.41) is 4.35. The number of carbonyl (C=O) groups excluding carboxylic acids is 2. The molecule has 0 aliphatic carbocycles. The van der Waals surface area contributed by atoms with E-state index in [9.17, 15) is 9.59 Å². The first-order chi connectivity index (χ1) is 16.0. The highest BCUT2D eigenvalue weighted by Gasteiger charge is 2.19. The number of hydrazone groups is 1. The summed E-state index contributed by atoms with van der Waals surface area (Å²) in [6.07, 6.45) is 1.34. The minimum Gasteiger partial charge on any atom is -0.493 e. The number of rotatable bonds is 8. The van der Waals surface area contributed by atoms with Gasteiger partial charge in [0.2, 0.25) is 5.75 Å². The van der Waals surface area contributed by atoms with Crippen LogP contribution in [0, 0.1) is 0 Å². The predicted molar refractivity (Wildman–Crippen MR) is 124 cm³/mol. The molecule has 3 aromatic carbocycles. The molecule has 0 fully saturated rings. The molecular formula is C24H21ClN2O6. The van der Waals surface area contributed by atoms with Crippen LogP contribution in [0.2, 0.25) is 5.02 Å². The van der Waals surface area contributed by atoms with Gasteiger partial charge in [-0.25, -0.2) is 10.2 Å². The fourth-order valence-electron chi connectivity index (χ4n) is 2.89. The minimum absolute atomic E-state index is 0.180. The fourth-order valence-corrected chi connectivity index (χ4v) is 3.07. The van der Waals surface area contributed by atoms with Crippen LogP contribution in [0.25, 0.3) is 0 Å². The van der Waals surface area contributed by atoms with Crippen LogP contribution in [-0.2, 0) is 0 Å². The van der Waals surface area contributed by atoms with Crippen LogP contribution < -0.4 is 24.4 Å². The van der Waals surface area contributed by atoms with Gasteiger partial charge >= 0.3 is 5.97 Å². The van der Waals surface area contributed by atoms with Crippen LogP contribution in [0.5, 0.6) is 23.0 Å². The smallest absolute Gasteiger partial charge is 0.343 e. The summed E-state index contributed by atoms with van der Waals surface area (Å²) in [4.78, 5) is 25.0. The van der Waals surface area contributed by atoms with Crippen molar-refractivity contribution in [3.05, 3.63) is 82.4 Å².